The van der Waals surface area contributed by atoms with E-state index in [1.807, 2.05) is 67.3 Å². The zero-order valence-electron chi connectivity index (χ0n) is 20.1. The van der Waals surface area contributed by atoms with Gasteiger partial charge in [-0.05, 0) is 42.5 Å². The van der Waals surface area contributed by atoms with Gasteiger partial charge in [-0.3, -0.25) is 4.79 Å². The Morgan fingerprint density at radius 3 is 2.62 bits per heavy atom. The number of anilines is 1. The SMILES string of the molecule is COc1cc(-c2cn(C3CC(C)(C)c4ccccc4N(C)C3=O)nn2)ccc1-n1cnc(C)c1. The van der Waals surface area contributed by atoms with Crippen LogP contribution in [0.15, 0.2) is 61.2 Å². The van der Waals surface area contributed by atoms with Gasteiger partial charge in [-0.25, -0.2) is 9.67 Å². The summed E-state index contributed by atoms with van der Waals surface area (Å²) >= 11 is 0. The van der Waals surface area contributed by atoms with Crippen LogP contribution in [0.2, 0.25) is 0 Å². The van der Waals surface area contributed by atoms with Gasteiger partial charge >= 0.3 is 0 Å². The van der Waals surface area contributed by atoms with Gasteiger partial charge in [0.1, 0.15) is 17.5 Å². The number of methoxy groups -OCH3 is 1. The van der Waals surface area contributed by atoms with Crippen LogP contribution < -0.4 is 9.64 Å². The monoisotopic (exact) mass is 456 g/mol. The molecule has 0 radical (unpaired) electrons. The van der Waals surface area contributed by atoms with Crippen molar-refractivity contribution in [3.63, 3.8) is 0 Å². The fourth-order valence-corrected chi connectivity index (χ4v) is 4.73. The minimum Gasteiger partial charge on any atom is -0.495 e. The smallest absolute Gasteiger partial charge is 0.251 e. The summed E-state index contributed by atoms with van der Waals surface area (Å²) in [5.74, 6) is 0.698. The maximum atomic E-state index is 13.5. The van der Waals surface area contributed by atoms with Gasteiger partial charge < -0.3 is 14.2 Å². The number of rotatable bonds is 4. The molecule has 0 spiro atoms. The standard InChI is InChI=1S/C26H28N6O2/c1-17-14-31(16-27-17)22-11-10-18(12-24(22)34-5)20-15-32(29-28-20)23-13-26(2,3)19-8-6-7-9-21(19)30(4)25(23)33/h6-12,14-16,23H,13H2,1-5H3. The van der Waals surface area contributed by atoms with Gasteiger partial charge in [0.2, 0.25) is 0 Å². The number of ether oxygens (including phenoxy) is 1. The van der Waals surface area contributed by atoms with Crippen LogP contribution in [0.5, 0.6) is 5.75 Å². The van der Waals surface area contributed by atoms with Gasteiger partial charge in [-0.15, -0.1) is 5.10 Å². The normalized spacial score (nSPS) is 17.4. The molecule has 0 aliphatic carbocycles. The molecule has 1 aliphatic rings. The van der Waals surface area contributed by atoms with Crippen LogP contribution in [0.25, 0.3) is 16.9 Å². The summed E-state index contributed by atoms with van der Waals surface area (Å²) in [7, 11) is 3.47. The number of hydrogen-bond donors (Lipinski definition) is 0. The number of aryl methyl sites for hydroxylation is 1. The molecule has 1 unspecified atom stereocenters. The molecule has 1 atom stereocenters. The van der Waals surface area contributed by atoms with Crippen molar-refractivity contribution in [2.24, 2.45) is 0 Å². The summed E-state index contributed by atoms with van der Waals surface area (Å²) in [4.78, 5) is 19.5. The van der Waals surface area contributed by atoms with Crippen molar-refractivity contribution >= 4 is 11.6 Å². The fourth-order valence-electron chi connectivity index (χ4n) is 4.73. The van der Waals surface area contributed by atoms with Crippen molar-refractivity contribution in [2.75, 3.05) is 19.1 Å². The van der Waals surface area contributed by atoms with Gasteiger partial charge in [0.25, 0.3) is 5.91 Å². The van der Waals surface area contributed by atoms with Crippen LogP contribution >= 0.6 is 0 Å². The molecule has 8 heteroatoms. The number of para-hydroxylation sites is 1. The molecule has 5 rings (SSSR count). The molecular weight excluding hydrogens is 428 g/mol. The van der Waals surface area contributed by atoms with Crippen LogP contribution in [0.1, 0.15) is 37.6 Å². The first-order valence-electron chi connectivity index (χ1n) is 11.3. The highest BCUT2D eigenvalue weighted by Gasteiger charge is 2.39. The molecule has 1 aliphatic heterocycles. The summed E-state index contributed by atoms with van der Waals surface area (Å²) in [6, 6.07) is 13.5. The molecule has 0 saturated heterocycles. The van der Waals surface area contributed by atoms with E-state index in [4.69, 9.17) is 4.74 Å². The number of amides is 1. The molecule has 0 N–H and O–H groups in total. The molecule has 4 aromatic rings. The Balaban J connectivity index is 1.49. The largest absolute Gasteiger partial charge is 0.495 e. The summed E-state index contributed by atoms with van der Waals surface area (Å²) in [6.45, 7) is 6.29. The minimum absolute atomic E-state index is 0.00196. The second kappa shape index (κ2) is 8.13. The summed E-state index contributed by atoms with van der Waals surface area (Å²) in [5, 5.41) is 8.77. The third-order valence-electron chi connectivity index (χ3n) is 6.61. The van der Waals surface area contributed by atoms with Crippen LogP contribution in [0.4, 0.5) is 5.69 Å². The van der Waals surface area contributed by atoms with Crippen molar-refractivity contribution in [3.05, 3.63) is 72.4 Å². The maximum absolute atomic E-state index is 13.5. The average Bonchev–Trinajstić information content (AvgIpc) is 3.49. The zero-order chi connectivity index (χ0) is 24.0. The van der Waals surface area contributed by atoms with Crippen LogP contribution in [0.3, 0.4) is 0 Å². The minimum atomic E-state index is -0.455. The van der Waals surface area contributed by atoms with E-state index in [0.29, 0.717) is 17.9 Å². The molecule has 0 bridgehead atoms. The van der Waals surface area contributed by atoms with E-state index in [0.717, 1.165) is 28.2 Å². The van der Waals surface area contributed by atoms with Crippen LogP contribution in [0, 0.1) is 6.92 Å². The number of carbonyl (C=O) groups excluding carboxylic acids is 1. The lowest BCUT2D eigenvalue weighted by Gasteiger charge is -2.26. The van der Waals surface area contributed by atoms with E-state index in [2.05, 4.69) is 35.2 Å². The summed E-state index contributed by atoms with van der Waals surface area (Å²) in [5.41, 5.74) is 5.25. The van der Waals surface area contributed by atoms with E-state index in [1.54, 1.807) is 23.0 Å². The molecule has 2 aromatic carbocycles. The zero-order valence-corrected chi connectivity index (χ0v) is 20.1. The van der Waals surface area contributed by atoms with Crippen molar-refractivity contribution in [3.8, 4) is 22.7 Å². The molecule has 8 nitrogen and oxygen atoms in total. The number of likely N-dealkylation sites (N-methyl/N-ethyl adjacent to an activating group) is 1. The molecule has 0 fully saturated rings. The lowest BCUT2D eigenvalue weighted by molar-refractivity contribution is -0.122. The summed E-state index contributed by atoms with van der Waals surface area (Å²) < 4.78 is 9.26. The molecule has 174 valence electrons. The number of carbonyl (C=O) groups is 1. The van der Waals surface area contributed by atoms with Crippen molar-refractivity contribution in [2.45, 2.75) is 38.6 Å². The van der Waals surface area contributed by atoms with Crippen molar-refractivity contribution in [1.29, 1.82) is 0 Å². The maximum Gasteiger partial charge on any atom is 0.251 e. The first kappa shape index (κ1) is 21.9. The van der Waals surface area contributed by atoms with Gasteiger partial charge in [0.15, 0.2) is 0 Å². The summed E-state index contributed by atoms with van der Waals surface area (Å²) in [6.07, 6.45) is 6.18. The van der Waals surface area contributed by atoms with E-state index < -0.39 is 6.04 Å². The Hall–Kier alpha value is -3.94. The third kappa shape index (κ3) is 3.65. The molecule has 1 amide bonds. The van der Waals surface area contributed by atoms with E-state index in [9.17, 15) is 4.79 Å². The molecule has 34 heavy (non-hydrogen) atoms. The molecule has 0 saturated carbocycles. The second-order valence-electron chi connectivity index (χ2n) is 9.41. The molecule has 2 aromatic heterocycles. The lowest BCUT2D eigenvalue weighted by Crippen LogP contribution is -2.34. The van der Waals surface area contributed by atoms with Gasteiger partial charge in [-0.2, -0.15) is 0 Å². The average molecular weight is 457 g/mol. The number of aromatic nitrogens is 5. The number of fused-ring (bicyclic) bond motifs is 1. The van der Waals surface area contributed by atoms with Crippen LogP contribution in [-0.2, 0) is 10.2 Å². The Morgan fingerprint density at radius 2 is 1.88 bits per heavy atom. The van der Waals surface area contributed by atoms with Gasteiger partial charge in [0.05, 0.1) is 31.0 Å². The highest BCUT2D eigenvalue weighted by Crippen LogP contribution is 2.42. The Bertz CT molecular complexity index is 1370. The third-order valence-corrected chi connectivity index (χ3v) is 6.61. The van der Waals surface area contributed by atoms with Gasteiger partial charge in [-0.1, -0.05) is 43.3 Å². The quantitative estimate of drug-likeness (QED) is 0.457. The predicted molar refractivity (Wildman–Crippen MR) is 130 cm³/mol. The van der Waals surface area contributed by atoms with Crippen LogP contribution in [-0.4, -0.2) is 44.6 Å². The van der Waals surface area contributed by atoms with Gasteiger partial charge in [0, 0.05) is 24.5 Å². The van der Waals surface area contributed by atoms with E-state index in [1.165, 1.54) is 0 Å². The molecular formula is C26H28N6O2. The first-order valence-corrected chi connectivity index (χ1v) is 11.3. The van der Waals surface area contributed by atoms with E-state index >= 15 is 0 Å². The lowest BCUT2D eigenvalue weighted by atomic mass is 9.79. The number of nitrogens with zero attached hydrogens (tertiary/aromatic N) is 6. The Labute approximate surface area is 198 Å². The predicted octanol–water partition coefficient (Wildman–Crippen LogP) is 4.33. The van der Waals surface area contributed by atoms with Crippen molar-refractivity contribution < 1.29 is 9.53 Å². The Kier molecular flexibility index (Phi) is 5.23. The number of benzene rings is 2. The molecule has 3 heterocycles. The number of hydrogen-bond acceptors (Lipinski definition) is 5. The number of imidazole rings is 1. The first-order chi connectivity index (χ1) is 16.3. The topological polar surface area (TPSA) is 78.1 Å². The highest BCUT2D eigenvalue weighted by atomic mass is 16.5. The Morgan fingerprint density at radius 1 is 1.09 bits per heavy atom. The van der Waals surface area contributed by atoms with E-state index in [-0.39, 0.29) is 11.3 Å². The second-order valence-corrected chi connectivity index (χ2v) is 9.41. The fraction of sp³-hybridized carbons (Fsp3) is 0.308. The highest BCUT2D eigenvalue weighted by molar-refractivity contribution is 5.97. The van der Waals surface area contributed by atoms with Crippen molar-refractivity contribution in [1.82, 2.24) is 24.5 Å².